The Hall–Kier alpha value is -3.96. The van der Waals surface area contributed by atoms with Crippen molar-refractivity contribution in [3.05, 3.63) is 91.6 Å². The van der Waals surface area contributed by atoms with Gasteiger partial charge in [-0.3, -0.25) is 19.4 Å². The summed E-state index contributed by atoms with van der Waals surface area (Å²) < 4.78 is 20.7. The molecule has 6 aliphatic rings. The third-order valence-corrected chi connectivity index (χ3v) is 34.8. The number of fused-ring (bicyclic) bond motifs is 6. The Labute approximate surface area is 500 Å². The number of aliphatic imine (C=N–C) groups is 2. The van der Waals surface area contributed by atoms with E-state index in [0.717, 1.165) is 101 Å². The van der Waals surface area contributed by atoms with E-state index in [0.29, 0.717) is 11.9 Å². The van der Waals surface area contributed by atoms with Gasteiger partial charge < -0.3 is 20.9 Å². The Kier molecular flexibility index (Phi) is 20.4. The molecule has 80 heavy (non-hydrogen) atoms. The molecule has 2 aromatic heterocycles. The summed E-state index contributed by atoms with van der Waals surface area (Å²) in [5.74, 6) is 10.2. The number of nitrogens with zero attached hydrogens (tertiary/aromatic N) is 4. The van der Waals surface area contributed by atoms with Gasteiger partial charge in [0.2, 0.25) is 0 Å². The number of nitrogens with two attached hydrogens (primary N) is 2. The molecule has 2 atom stereocenters. The summed E-state index contributed by atoms with van der Waals surface area (Å²) in [5.41, 5.74) is 18.2. The first-order valence-electron chi connectivity index (χ1n) is 29.8. The molecule has 2 aromatic carbocycles. The normalized spacial score (nSPS) is 25.5. The fourth-order valence-corrected chi connectivity index (χ4v) is 30.3. The number of carbonyl (C=O) groups is 2. The van der Waals surface area contributed by atoms with E-state index < -0.39 is 29.5 Å². The van der Waals surface area contributed by atoms with E-state index in [-0.39, 0.29) is 46.9 Å². The van der Waals surface area contributed by atoms with Crippen LogP contribution in [-0.4, -0.2) is 90.4 Å². The number of thiophene rings is 2. The van der Waals surface area contributed by atoms with Crippen molar-refractivity contribution in [2.75, 3.05) is 14.2 Å². The van der Waals surface area contributed by atoms with Crippen molar-refractivity contribution in [1.82, 2.24) is 9.80 Å². The van der Waals surface area contributed by atoms with Crippen LogP contribution in [0, 0.1) is 32.5 Å². The number of hydrogen-bond acceptors (Lipinski definition) is 10. The van der Waals surface area contributed by atoms with E-state index in [2.05, 4.69) is 125 Å². The summed E-state index contributed by atoms with van der Waals surface area (Å²) >= 11 is 4.92. The van der Waals surface area contributed by atoms with Gasteiger partial charge in [-0.25, -0.2) is 9.98 Å². The van der Waals surface area contributed by atoms with Gasteiger partial charge >= 0.3 is 108 Å². The van der Waals surface area contributed by atoms with Crippen LogP contribution in [-0.2, 0) is 43.0 Å². The predicted molar refractivity (Wildman–Crippen MR) is 339 cm³/mol. The van der Waals surface area contributed by atoms with Crippen molar-refractivity contribution < 1.29 is 19.1 Å². The average molecular weight is 1290 g/mol. The van der Waals surface area contributed by atoms with Crippen molar-refractivity contribution in [3.63, 3.8) is 0 Å². The second-order valence-corrected chi connectivity index (χ2v) is 39.1. The van der Waals surface area contributed by atoms with Gasteiger partial charge in [0.05, 0.1) is 12.2 Å². The maximum atomic E-state index is 14.2. The number of ether oxygens (including phenoxy) is 2. The summed E-state index contributed by atoms with van der Waals surface area (Å²) in [4.78, 5) is 44.1. The maximum absolute atomic E-state index is 14.2. The number of benzene rings is 2. The molecule has 4 spiro atoms. The SMILES string of the molecule is CC#Cc1csc(-c2ccc3c(c2)C2(N=C(N)N(C(C)C)C2=O)C2(CCC(OC)CC2)C3)c1.CC#[C][Sn]([CH2]CCC)([CH2]CCC)[CH2]CCC.COC1CCC2(CC1)Cc1ccc(-c3cc(Br)cs3)cc1C21N=C(N)N(C(C)C)C1=O. The number of guanidine groups is 2. The second kappa shape index (κ2) is 26.3. The smallest absolute Gasteiger partial charge is 0.262 e. The first-order valence-corrected chi connectivity index (χ1v) is 39.8. The van der Waals surface area contributed by atoms with Crippen LogP contribution in [0.3, 0.4) is 0 Å². The number of methoxy groups -OCH3 is 2. The minimum atomic E-state index is -2.02. The molecule has 4 aliphatic carbocycles. The number of rotatable bonds is 15. The zero-order valence-corrected chi connectivity index (χ0v) is 55.9. The van der Waals surface area contributed by atoms with Crippen LogP contribution >= 0.6 is 38.6 Å². The Morgan fingerprint density at radius 3 is 1.44 bits per heavy atom. The van der Waals surface area contributed by atoms with Crippen molar-refractivity contribution in [3.8, 4) is 42.6 Å². The fourth-order valence-electron chi connectivity index (χ4n) is 14.5. The molecule has 10 rings (SSSR count). The van der Waals surface area contributed by atoms with E-state index in [4.69, 9.17) is 30.9 Å². The molecule has 0 saturated heterocycles. The quantitative estimate of drug-likeness (QED) is 0.0899. The summed E-state index contributed by atoms with van der Waals surface area (Å²) in [6.07, 6.45) is 17.9. The Balaban J connectivity index is 0.000000168. The van der Waals surface area contributed by atoms with Gasteiger partial charge in [0, 0.05) is 67.7 Å². The maximum Gasteiger partial charge on any atom is 0.262 e. The van der Waals surface area contributed by atoms with Crippen LogP contribution in [0.1, 0.15) is 180 Å². The molecule has 10 nitrogen and oxygen atoms in total. The molecule has 2 amide bonds. The summed E-state index contributed by atoms with van der Waals surface area (Å²) in [7, 11) is 3.56. The van der Waals surface area contributed by atoms with Crippen LogP contribution in [0.15, 0.2) is 73.7 Å². The van der Waals surface area contributed by atoms with Gasteiger partial charge in [0.25, 0.3) is 11.8 Å². The molecule has 0 radical (unpaired) electrons. The Morgan fingerprint density at radius 2 is 1.09 bits per heavy atom. The third-order valence-electron chi connectivity index (χ3n) is 18.6. The first kappa shape index (κ1) is 62.1. The molecule has 430 valence electrons. The van der Waals surface area contributed by atoms with Crippen molar-refractivity contribution in [2.45, 2.75) is 214 Å². The minimum absolute atomic E-state index is 0.0246. The van der Waals surface area contributed by atoms with E-state index in [1.165, 1.54) is 67.8 Å². The number of carbonyl (C=O) groups excluding carboxylic acids is 2. The molecule has 2 aliphatic heterocycles. The molecule has 2 fully saturated rings. The molecule has 4 aromatic rings. The molecule has 2 unspecified atom stereocenters. The second-order valence-electron chi connectivity index (χ2n) is 24.1. The minimum Gasteiger partial charge on any atom is -0.381 e. The number of amides is 2. The molecule has 4 heterocycles. The predicted octanol–water partition coefficient (Wildman–Crippen LogP) is 15.1. The molecule has 14 heteroatoms. The van der Waals surface area contributed by atoms with Crippen LogP contribution in [0.5, 0.6) is 0 Å². The first-order chi connectivity index (χ1) is 38.4. The average Bonchev–Trinajstić information content (AvgIpc) is 4.38. The van der Waals surface area contributed by atoms with Crippen LogP contribution in [0.4, 0.5) is 0 Å². The van der Waals surface area contributed by atoms with Crippen LogP contribution in [0.2, 0.25) is 13.3 Å². The van der Waals surface area contributed by atoms with Crippen LogP contribution in [0.25, 0.3) is 20.9 Å². The van der Waals surface area contributed by atoms with Crippen LogP contribution < -0.4 is 11.5 Å². The van der Waals surface area contributed by atoms with Crippen molar-refractivity contribution >= 4 is 80.7 Å². The van der Waals surface area contributed by atoms with Crippen molar-refractivity contribution in [2.24, 2.45) is 32.3 Å². The number of unbranched alkanes of at least 4 members (excludes halogenated alkanes) is 3. The standard InChI is InChI=1S/C27H31N3O2S.C24H28BrN3O2S.3C4H9.C3H3.Sn/c1-5-6-18-13-23(33-16-18)19-7-8-20-15-26(11-9-21(32-4)10-12-26)27(22(20)14-19)24(31)30(17(2)3)25(28)29-27;1-14(2)28-21(29)24(27-22(28)26)19-10-15(20-11-17(25)13-31-20)4-5-16(19)12-23(24)8-6-18(30-3)7-9-23;3*1-3-4-2;1-3-2;/h7-8,13-14,16-17,21H,9-12,15H2,1-4H3,(H2,28,29);4-5,10-11,13-14,18H,6-9,12H2,1-3H3,(H2,26,27);3*1,3-4H2,2H3;1H3;. The largest absolute Gasteiger partial charge is 0.381 e. The summed E-state index contributed by atoms with van der Waals surface area (Å²) in [5, 5.41) is 4.17. The third kappa shape index (κ3) is 11.7. The molecule has 4 N–H and O–H groups in total. The van der Waals surface area contributed by atoms with Gasteiger partial charge in [-0.05, 0) is 172 Å². The summed E-state index contributed by atoms with van der Waals surface area (Å²) in [6.45, 7) is 18.9. The van der Waals surface area contributed by atoms with Gasteiger partial charge in [-0.2, -0.15) is 0 Å². The van der Waals surface area contributed by atoms with E-state index in [1.54, 1.807) is 46.7 Å². The van der Waals surface area contributed by atoms with E-state index in [9.17, 15) is 9.59 Å². The Morgan fingerprint density at radius 1 is 0.662 bits per heavy atom. The summed E-state index contributed by atoms with van der Waals surface area (Å²) in [6, 6.07) is 17.3. The molecule has 0 bridgehead atoms. The molecule has 2 saturated carbocycles. The van der Waals surface area contributed by atoms with E-state index >= 15 is 0 Å². The molecular formula is C66H89BrN6O4S2Sn. The van der Waals surface area contributed by atoms with Gasteiger partial charge in [-0.15, -0.1) is 28.6 Å². The molecular weight excluding hydrogens is 1200 g/mol. The van der Waals surface area contributed by atoms with Gasteiger partial charge in [0.15, 0.2) is 23.0 Å². The van der Waals surface area contributed by atoms with E-state index in [1.807, 2.05) is 34.6 Å². The monoisotopic (exact) mass is 1290 g/mol. The van der Waals surface area contributed by atoms with Gasteiger partial charge in [-0.1, -0.05) is 30.2 Å². The van der Waals surface area contributed by atoms with Crippen molar-refractivity contribution in [1.29, 1.82) is 0 Å². The fraction of sp³-hybridized carbons (Fsp3) is 0.576. The topological polar surface area (TPSA) is 136 Å². The zero-order chi connectivity index (χ0) is 57.6. The number of halogens is 1. The number of hydrogen-bond donors (Lipinski definition) is 2. The van der Waals surface area contributed by atoms with Gasteiger partial charge in [0.1, 0.15) is 0 Å². The Bertz CT molecular complexity index is 3030. The zero-order valence-electron chi connectivity index (χ0n) is 49.8.